The molecule has 0 aromatic heterocycles. The Kier molecular flexibility index (Phi) is 5.40. The summed E-state index contributed by atoms with van der Waals surface area (Å²) in [6, 6.07) is 4.55. The van der Waals surface area contributed by atoms with E-state index in [9.17, 15) is 0 Å². The van der Waals surface area contributed by atoms with Gasteiger partial charge in [0.2, 0.25) is 0 Å². The smallest absolute Gasteiger partial charge is 0.0192 e. The summed E-state index contributed by atoms with van der Waals surface area (Å²) in [5, 5.41) is 0. The highest BCUT2D eigenvalue weighted by atomic mass is 14.7. The standard InChI is InChI=1S/C17H29N/c1-6-8-9-17(18,7-2)12-16-14(4)10-13(3)11-15(16)5/h10-11H,6-9,12,18H2,1-5H3. The molecule has 0 spiro atoms. The third-order valence-corrected chi connectivity index (χ3v) is 4.10. The molecule has 0 bridgehead atoms. The van der Waals surface area contributed by atoms with Crippen LogP contribution in [0.25, 0.3) is 0 Å². The molecule has 0 fully saturated rings. The summed E-state index contributed by atoms with van der Waals surface area (Å²) in [5.74, 6) is 0. The summed E-state index contributed by atoms with van der Waals surface area (Å²) in [5.41, 5.74) is 12.2. The van der Waals surface area contributed by atoms with Gasteiger partial charge in [0.15, 0.2) is 0 Å². The van der Waals surface area contributed by atoms with Crippen LogP contribution in [-0.2, 0) is 6.42 Å². The zero-order valence-corrected chi connectivity index (χ0v) is 12.8. The fourth-order valence-corrected chi connectivity index (χ4v) is 2.76. The summed E-state index contributed by atoms with van der Waals surface area (Å²) in [4.78, 5) is 0. The summed E-state index contributed by atoms with van der Waals surface area (Å²) in [7, 11) is 0. The maximum Gasteiger partial charge on any atom is 0.0192 e. The Morgan fingerprint density at radius 2 is 1.61 bits per heavy atom. The van der Waals surface area contributed by atoms with E-state index in [2.05, 4.69) is 46.8 Å². The molecule has 0 radical (unpaired) electrons. The average Bonchev–Trinajstić information content (AvgIpc) is 2.31. The van der Waals surface area contributed by atoms with Crippen LogP contribution in [0.1, 0.15) is 61.8 Å². The van der Waals surface area contributed by atoms with Crippen molar-refractivity contribution in [2.75, 3.05) is 0 Å². The van der Waals surface area contributed by atoms with Crippen LogP contribution in [-0.4, -0.2) is 5.54 Å². The first-order chi connectivity index (χ1) is 8.41. The lowest BCUT2D eigenvalue weighted by Gasteiger charge is -2.30. The van der Waals surface area contributed by atoms with Gasteiger partial charge in [0, 0.05) is 5.54 Å². The third kappa shape index (κ3) is 3.84. The SMILES string of the molecule is CCCCC(N)(CC)Cc1c(C)cc(C)cc1C. The van der Waals surface area contributed by atoms with Gasteiger partial charge < -0.3 is 5.73 Å². The highest BCUT2D eigenvalue weighted by Crippen LogP contribution is 2.26. The second kappa shape index (κ2) is 6.38. The van der Waals surface area contributed by atoms with E-state index >= 15 is 0 Å². The van der Waals surface area contributed by atoms with E-state index in [4.69, 9.17) is 5.73 Å². The van der Waals surface area contributed by atoms with Crippen molar-refractivity contribution in [1.29, 1.82) is 0 Å². The first-order valence-electron chi connectivity index (χ1n) is 7.27. The van der Waals surface area contributed by atoms with Gasteiger partial charge >= 0.3 is 0 Å². The summed E-state index contributed by atoms with van der Waals surface area (Å²) in [6.45, 7) is 11.0. The molecular formula is C17H29N. The van der Waals surface area contributed by atoms with Gasteiger partial charge in [-0.15, -0.1) is 0 Å². The molecule has 102 valence electrons. The first kappa shape index (κ1) is 15.2. The minimum Gasteiger partial charge on any atom is -0.325 e. The highest BCUT2D eigenvalue weighted by Gasteiger charge is 2.24. The Morgan fingerprint density at radius 1 is 1.06 bits per heavy atom. The molecule has 0 saturated heterocycles. The van der Waals surface area contributed by atoms with E-state index in [0.29, 0.717) is 0 Å². The third-order valence-electron chi connectivity index (χ3n) is 4.10. The Balaban J connectivity index is 2.94. The number of benzene rings is 1. The van der Waals surface area contributed by atoms with Gasteiger partial charge in [-0.3, -0.25) is 0 Å². The second-order valence-corrected chi connectivity index (χ2v) is 5.87. The molecule has 1 heteroatoms. The molecule has 2 N–H and O–H groups in total. The van der Waals surface area contributed by atoms with E-state index < -0.39 is 0 Å². The molecule has 18 heavy (non-hydrogen) atoms. The second-order valence-electron chi connectivity index (χ2n) is 5.87. The van der Waals surface area contributed by atoms with Crippen molar-refractivity contribution in [1.82, 2.24) is 0 Å². The Morgan fingerprint density at radius 3 is 2.06 bits per heavy atom. The predicted octanol–water partition coefficient (Wildman–Crippen LogP) is 4.45. The minimum absolute atomic E-state index is 0.0270. The lowest BCUT2D eigenvalue weighted by Crippen LogP contribution is -2.41. The number of hydrogen-bond donors (Lipinski definition) is 1. The zero-order chi connectivity index (χ0) is 13.8. The summed E-state index contributed by atoms with van der Waals surface area (Å²) >= 11 is 0. The van der Waals surface area contributed by atoms with Crippen LogP contribution < -0.4 is 5.73 Å². The number of unbranched alkanes of at least 4 members (excludes halogenated alkanes) is 1. The van der Waals surface area contributed by atoms with Crippen LogP contribution in [0.2, 0.25) is 0 Å². The van der Waals surface area contributed by atoms with Crippen molar-refractivity contribution >= 4 is 0 Å². The monoisotopic (exact) mass is 247 g/mol. The molecule has 1 aromatic carbocycles. The van der Waals surface area contributed by atoms with Crippen molar-refractivity contribution in [2.24, 2.45) is 5.73 Å². The zero-order valence-electron chi connectivity index (χ0n) is 12.8. The van der Waals surface area contributed by atoms with Crippen molar-refractivity contribution in [3.05, 3.63) is 34.4 Å². The summed E-state index contributed by atoms with van der Waals surface area (Å²) in [6.07, 6.45) is 5.66. The number of aryl methyl sites for hydroxylation is 3. The van der Waals surface area contributed by atoms with E-state index in [1.165, 1.54) is 35.1 Å². The minimum atomic E-state index is -0.0270. The molecule has 0 aliphatic carbocycles. The van der Waals surface area contributed by atoms with Gasteiger partial charge in [0.25, 0.3) is 0 Å². The largest absolute Gasteiger partial charge is 0.325 e. The molecule has 1 atom stereocenters. The number of rotatable bonds is 6. The molecule has 1 aromatic rings. The van der Waals surface area contributed by atoms with E-state index in [-0.39, 0.29) is 5.54 Å². The maximum atomic E-state index is 6.59. The Bertz CT molecular complexity index is 372. The Labute approximate surface area is 113 Å². The topological polar surface area (TPSA) is 26.0 Å². The normalized spacial score (nSPS) is 14.6. The van der Waals surface area contributed by atoms with E-state index in [1.807, 2.05) is 0 Å². The van der Waals surface area contributed by atoms with Crippen LogP contribution >= 0.6 is 0 Å². The maximum absolute atomic E-state index is 6.59. The molecule has 1 unspecified atom stereocenters. The molecule has 0 heterocycles. The van der Waals surface area contributed by atoms with E-state index in [0.717, 1.165) is 19.3 Å². The number of nitrogens with two attached hydrogens (primary N) is 1. The molecule has 0 amide bonds. The van der Waals surface area contributed by atoms with Crippen molar-refractivity contribution in [2.45, 2.75) is 72.3 Å². The average molecular weight is 247 g/mol. The molecule has 1 rings (SSSR count). The number of hydrogen-bond acceptors (Lipinski definition) is 1. The van der Waals surface area contributed by atoms with Gasteiger partial charge in [0.05, 0.1) is 0 Å². The fourth-order valence-electron chi connectivity index (χ4n) is 2.76. The van der Waals surface area contributed by atoms with Crippen molar-refractivity contribution in [3.8, 4) is 0 Å². The molecule has 0 aliphatic rings. The van der Waals surface area contributed by atoms with Gasteiger partial charge in [-0.2, -0.15) is 0 Å². The van der Waals surface area contributed by atoms with Gasteiger partial charge in [-0.1, -0.05) is 44.4 Å². The lowest BCUT2D eigenvalue weighted by molar-refractivity contribution is 0.364. The van der Waals surface area contributed by atoms with Gasteiger partial charge in [-0.25, -0.2) is 0 Å². The lowest BCUT2D eigenvalue weighted by atomic mass is 9.82. The van der Waals surface area contributed by atoms with Crippen LogP contribution in [0, 0.1) is 20.8 Å². The van der Waals surface area contributed by atoms with Crippen molar-refractivity contribution in [3.63, 3.8) is 0 Å². The van der Waals surface area contributed by atoms with Crippen molar-refractivity contribution < 1.29 is 0 Å². The summed E-state index contributed by atoms with van der Waals surface area (Å²) < 4.78 is 0. The van der Waals surface area contributed by atoms with Gasteiger partial charge in [0.1, 0.15) is 0 Å². The first-order valence-corrected chi connectivity index (χ1v) is 7.27. The molecule has 0 aliphatic heterocycles. The van der Waals surface area contributed by atoms with Crippen LogP contribution in [0.3, 0.4) is 0 Å². The highest BCUT2D eigenvalue weighted by molar-refractivity contribution is 5.38. The van der Waals surface area contributed by atoms with Crippen LogP contribution in [0.4, 0.5) is 0 Å². The van der Waals surface area contributed by atoms with E-state index in [1.54, 1.807) is 0 Å². The molecule has 0 saturated carbocycles. The predicted molar refractivity (Wildman–Crippen MR) is 81.1 cm³/mol. The van der Waals surface area contributed by atoms with Crippen LogP contribution in [0.5, 0.6) is 0 Å². The molecule has 1 nitrogen and oxygen atoms in total. The van der Waals surface area contributed by atoms with Crippen LogP contribution in [0.15, 0.2) is 12.1 Å². The molecular weight excluding hydrogens is 218 g/mol. The Hall–Kier alpha value is -0.820. The fraction of sp³-hybridized carbons (Fsp3) is 0.647. The van der Waals surface area contributed by atoms with Gasteiger partial charge in [-0.05, 0) is 56.7 Å². The quantitative estimate of drug-likeness (QED) is 0.789.